The van der Waals surface area contributed by atoms with E-state index in [1.54, 1.807) is 6.07 Å². The summed E-state index contributed by atoms with van der Waals surface area (Å²) in [6.07, 6.45) is 3.96. The minimum atomic E-state index is -0.470. The molecule has 0 unspecified atom stereocenters. The fourth-order valence-corrected chi connectivity index (χ4v) is 2.21. The van der Waals surface area contributed by atoms with Gasteiger partial charge in [0, 0.05) is 12.1 Å². The van der Waals surface area contributed by atoms with Gasteiger partial charge in [0.15, 0.2) is 0 Å². The number of halogens is 2. The summed E-state index contributed by atoms with van der Waals surface area (Å²) in [6, 6.07) is 4.12. The molecule has 1 aromatic rings. The molecule has 0 amide bonds. The van der Waals surface area contributed by atoms with Gasteiger partial charge in [0.25, 0.3) is 0 Å². The van der Waals surface area contributed by atoms with Crippen LogP contribution in [0, 0.1) is 11.9 Å². The van der Waals surface area contributed by atoms with Crippen LogP contribution < -0.4 is 10.1 Å². The molecule has 2 fully saturated rings. The Labute approximate surface area is 99.8 Å². The molecule has 0 radical (unpaired) electrons. The number of ether oxygens (including phenoxy) is 1. The minimum Gasteiger partial charge on any atom is -0.490 e. The third-order valence-electron chi connectivity index (χ3n) is 3.11. The number of fused-ring (bicyclic) bond motifs is 1. The van der Waals surface area contributed by atoms with Gasteiger partial charge in [-0.1, -0.05) is 0 Å². The first kappa shape index (κ1) is 11.6. The molecular weight excluding hydrogens is 231 g/mol. The Bertz CT molecular complexity index is 350. The van der Waals surface area contributed by atoms with Gasteiger partial charge in [0.2, 0.25) is 5.95 Å². The van der Waals surface area contributed by atoms with Crippen LogP contribution in [0.2, 0.25) is 0 Å². The van der Waals surface area contributed by atoms with Crippen LogP contribution in [-0.4, -0.2) is 23.7 Å². The van der Waals surface area contributed by atoms with E-state index in [1.165, 1.54) is 25.1 Å². The molecule has 5 heteroatoms. The summed E-state index contributed by atoms with van der Waals surface area (Å²) in [5.74, 6) is 1.05. The first-order valence-corrected chi connectivity index (χ1v) is 5.31. The molecule has 3 atom stereocenters. The second kappa shape index (κ2) is 4.55. The molecule has 2 heterocycles. The third-order valence-corrected chi connectivity index (χ3v) is 3.11. The zero-order valence-corrected chi connectivity index (χ0v) is 9.54. The molecular formula is C11H14ClFN2O. The lowest BCUT2D eigenvalue weighted by atomic mass is 10.2. The van der Waals surface area contributed by atoms with Gasteiger partial charge in [-0.2, -0.15) is 4.39 Å². The number of piperidine rings is 1. The Kier molecular flexibility index (Phi) is 3.30. The summed E-state index contributed by atoms with van der Waals surface area (Å²) in [4.78, 5) is 3.54. The fourth-order valence-electron chi connectivity index (χ4n) is 2.21. The van der Waals surface area contributed by atoms with Gasteiger partial charge >= 0.3 is 0 Å². The summed E-state index contributed by atoms with van der Waals surface area (Å²) in [6.45, 7) is 0.653. The normalized spacial score (nSPS) is 30.4. The molecule has 1 saturated carbocycles. The van der Waals surface area contributed by atoms with E-state index < -0.39 is 5.95 Å². The summed E-state index contributed by atoms with van der Waals surface area (Å²) in [7, 11) is 0. The smallest absolute Gasteiger partial charge is 0.213 e. The van der Waals surface area contributed by atoms with E-state index in [-0.39, 0.29) is 12.4 Å². The predicted molar refractivity (Wildman–Crippen MR) is 60.4 cm³/mol. The lowest BCUT2D eigenvalue weighted by Gasteiger charge is -2.13. The fraction of sp³-hybridized carbons (Fsp3) is 0.545. The first-order valence-electron chi connectivity index (χ1n) is 5.31. The SMILES string of the molecule is Cl.Fc1ccc(OC[C@@H]2C[C@H]3C[C@H]3N2)cn1. The molecule has 3 nitrogen and oxygen atoms in total. The van der Waals surface area contributed by atoms with Crippen molar-refractivity contribution in [1.29, 1.82) is 0 Å². The lowest BCUT2D eigenvalue weighted by molar-refractivity contribution is 0.266. The molecule has 2 aliphatic rings. The van der Waals surface area contributed by atoms with Crippen molar-refractivity contribution in [3.63, 3.8) is 0 Å². The van der Waals surface area contributed by atoms with Crippen LogP contribution >= 0.6 is 12.4 Å². The molecule has 16 heavy (non-hydrogen) atoms. The Morgan fingerprint density at radius 3 is 2.94 bits per heavy atom. The zero-order valence-electron chi connectivity index (χ0n) is 8.73. The second-order valence-corrected chi connectivity index (χ2v) is 4.33. The average molecular weight is 245 g/mol. The van der Waals surface area contributed by atoms with E-state index in [0.29, 0.717) is 18.4 Å². The minimum absolute atomic E-state index is 0. The van der Waals surface area contributed by atoms with Crippen LogP contribution in [0.4, 0.5) is 4.39 Å². The zero-order chi connectivity index (χ0) is 10.3. The highest BCUT2D eigenvalue weighted by atomic mass is 35.5. The highest BCUT2D eigenvalue weighted by Gasteiger charge is 2.45. The summed E-state index contributed by atoms with van der Waals surface area (Å²) >= 11 is 0. The van der Waals surface area contributed by atoms with Crippen LogP contribution in [-0.2, 0) is 0 Å². The van der Waals surface area contributed by atoms with E-state index >= 15 is 0 Å². The second-order valence-electron chi connectivity index (χ2n) is 4.33. The van der Waals surface area contributed by atoms with Crippen molar-refractivity contribution in [2.45, 2.75) is 24.9 Å². The van der Waals surface area contributed by atoms with Crippen LogP contribution in [0.25, 0.3) is 0 Å². The molecule has 1 aliphatic heterocycles. The number of pyridine rings is 1. The first-order chi connectivity index (χ1) is 7.31. The van der Waals surface area contributed by atoms with Crippen molar-refractivity contribution in [3.05, 3.63) is 24.3 Å². The molecule has 1 aromatic heterocycles. The van der Waals surface area contributed by atoms with Gasteiger partial charge in [-0.25, -0.2) is 4.98 Å². The van der Waals surface area contributed by atoms with Crippen molar-refractivity contribution in [3.8, 4) is 5.75 Å². The molecule has 1 saturated heterocycles. The highest BCUT2D eigenvalue weighted by molar-refractivity contribution is 5.85. The predicted octanol–water partition coefficient (Wildman–Crippen LogP) is 1.77. The molecule has 1 N–H and O–H groups in total. The number of nitrogens with one attached hydrogen (secondary N) is 1. The summed E-state index contributed by atoms with van der Waals surface area (Å²) in [5.41, 5.74) is 0. The van der Waals surface area contributed by atoms with Gasteiger partial charge in [-0.3, -0.25) is 0 Å². The maximum atomic E-state index is 12.5. The Balaban J connectivity index is 0.000000963. The number of rotatable bonds is 3. The average Bonchev–Trinajstić information content (AvgIpc) is 2.86. The number of hydrogen-bond donors (Lipinski definition) is 1. The van der Waals surface area contributed by atoms with E-state index in [1.807, 2.05) is 0 Å². The van der Waals surface area contributed by atoms with Crippen molar-refractivity contribution in [1.82, 2.24) is 10.3 Å². The monoisotopic (exact) mass is 244 g/mol. The van der Waals surface area contributed by atoms with Crippen LogP contribution in [0.3, 0.4) is 0 Å². The van der Waals surface area contributed by atoms with Crippen molar-refractivity contribution in [2.75, 3.05) is 6.61 Å². The Morgan fingerprint density at radius 1 is 1.44 bits per heavy atom. The van der Waals surface area contributed by atoms with Gasteiger partial charge in [0.05, 0.1) is 6.20 Å². The van der Waals surface area contributed by atoms with Gasteiger partial charge in [0.1, 0.15) is 12.4 Å². The van der Waals surface area contributed by atoms with Crippen molar-refractivity contribution >= 4 is 12.4 Å². The van der Waals surface area contributed by atoms with Crippen LogP contribution in [0.15, 0.2) is 18.3 Å². The van der Waals surface area contributed by atoms with Gasteiger partial charge in [-0.15, -0.1) is 12.4 Å². The molecule has 0 spiro atoms. The van der Waals surface area contributed by atoms with Gasteiger partial charge in [-0.05, 0) is 30.9 Å². The Morgan fingerprint density at radius 2 is 2.31 bits per heavy atom. The van der Waals surface area contributed by atoms with E-state index in [4.69, 9.17) is 4.74 Å². The quantitative estimate of drug-likeness (QED) is 0.823. The topological polar surface area (TPSA) is 34.1 Å². The van der Waals surface area contributed by atoms with Crippen molar-refractivity contribution in [2.24, 2.45) is 5.92 Å². The molecule has 0 aromatic carbocycles. The van der Waals surface area contributed by atoms with E-state index in [2.05, 4.69) is 10.3 Å². The third kappa shape index (κ3) is 2.44. The Hall–Kier alpha value is -0.870. The molecule has 3 rings (SSSR count). The van der Waals surface area contributed by atoms with Crippen LogP contribution in [0.1, 0.15) is 12.8 Å². The largest absolute Gasteiger partial charge is 0.490 e. The van der Waals surface area contributed by atoms with Crippen molar-refractivity contribution < 1.29 is 9.13 Å². The van der Waals surface area contributed by atoms with Crippen LogP contribution in [0.5, 0.6) is 5.75 Å². The maximum absolute atomic E-state index is 12.5. The standard InChI is InChI=1S/C11H13FN2O.ClH/c12-11-2-1-9(5-13-11)15-6-8-3-7-4-10(7)14-8;/h1-2,5,7-8,10,14H,3-4,6H2;1H/t7-,8-,10+;/m0./s1. The van der Waals surface area contributed by atoms with E-state index in [0.717, 1.165) is 12.0 Å². The summed E-state index contributed by atoms with van der Waals surface area (Å²) < 4.78 is 18.0. The van der Waals surface area contributed by atoms with E-state index in [9.17, 15) is 4.39 Å². The number of nitrogens with zero attached hydrogens (tertiary/aromatic N) is 1. The highest BCUT2D eigenvalue weighted by Crippen LogP contribution is 2.40. The molecule has 1 aliphatic carbocycles. The lowest BCUT2D eigenvalue weighted by Crippen LogP contribution is -2.31. The molecule has 0 bridgehead atoms. The molecule has 88 valence electrons. The number of hydrogen-bond acceptors (Lipinski definition) is 3. The number of aromatic nitrogens is 1. The summed E-state index contributed by atoms with van der Waals surface area (Å²) in [5, 5.41) is 3.49. The van der Waals surface area contributed by atoms with Gasteiger partial charge < -0.3 is 10.1 Å². The maximum Gasteiger partial charge on any atom is 0.213 e.